The van der Waals surface area contributed by atoms with Crippen LogP contribution in [-0.4, -0.2) is 12.6 Å². The van der Waals surface area contributed by atoms with Crippen LogP contribution in [0.4, 0.5) is 0 Å². The van der Waals surface area contributed by atoms with E-state index in [2.05, 4.69) is 39.0 Å². The lowest BCUT2D eigenvalue weighted by Crippen LogP contribution is -2.16. The van der Waals surface area contributed by atoms with Gasteiger partial charge in [-0.3, -0.25) is 0 Å². The highest BCUT2D eigenvalue weighted by Gasteiger charge is 2.30. The first-order valence-electron chi connectivity index (χ1n) is 10.1. The third-order valence-corrected chi connectivity index (χ3v) is 5.56. The molecule has 0 aliphatic heterocycles. The average molecular weight is 366 g/mol. The Morgan fingerprint density at radius 1 is 1.30 bits per heavy atom. The van der Waals surface area contributed by atoms with Gasteiger partial charge in [0.15, 0.2) is 0 Å². The van der Waals surface area contributed by atoms with Crippen LogP contribution in [0.2, 0.25) is 0 Å². The highest BCUT2D eigenvalue weighted by molar-refractivity contribution is 5.96. The fourth-order valence-corrected chi connectivity index (χ4v) is 3.90. The standard InChI is InChI=1S/C24H31NO2/c1-5-7-11-19(6-2)16-27-24(26)22(15-25)21-14-17(3)23(18(21)4)20-12-9-8-10-13-20/h8-10,12-13,17,19H,5-7,11,14,16H2,1-4H3. The molecule has 2 rings (SSSR count). The van der Waals surface area contributed by atoms with Crippen molar-refractivity contribution in [2.24, 2.45) is 11.8 Å². The maximum atomic E-state index is 12.6. The molecule has 0 N–H and O–H groups in total. The minimum atomic E-state index is -0.469. The van der Waals surface area contributed by atoms with E-state index in [0.717, 1.165) is 42.4 Å². The van der Waals surface area contributed by atoms with Gasteiger partial charge in [-0.05, 0) is 53.9 Å². The summed E-state index contributed by atoms with van der Waals surface area (Å²) >= 11 is 0. The van der Waals surface area contributed by atoms with Crippen molar-refractivity contribution >= 4 is 11.5 Å². The Bertz CT molecular complexity index is 752. The maximum Gasteiger partial charge on any atom is 0.349 e. The quantitative estimate of drug-likeness (QED) is 0.319. The Morgan fingerprint density at radius 2 is 2.00 bits per heavy atom. The topological polar surface area (TPSA) is 50.1 Å². The van der Waals surface area contributed by atoms with Crippen LogP contribution in [0.5, 0.6) is 0 Å². The summed E-state index contributed by atoms with van der Waals surface area (Å²) in [5.41, 5.74) is 4.45. The van der Waals surface area contributed by atoms with Gasteiger partial charge in [0.25, 0.3) is 0 Å². The minimum Gasteiger partial charge on any atom is -0.461 e. The van der Waals surface area contributed by atoms with E-state index in [4.69, 9.17) is 4.74 Å². The Hall–Kier alpha value is -2.34. The van der Waals surface area contributed by atoms with Crippen molar-refractivity contribution in [3.8, 4) is 6.07 Å². The molecule has 0 fully saturated rings. The SMILES string of the molecule is CCCCC(CC)COC(=O)C(C#N)=C1CC(C)C(c2ccccc2)=C1C. The number of esters is 1. The average Bonchev–Trinajstić information content (AvgIpc) is 2.97. The Morgan fingerprint density at radius 3 is 2.59 bits per heavy atom. The predicted octanol–water partition coefficient (Wildman–Crippen LogP) is 6.08. The number of ether oxygens (including phenoxy) is 1. The van der Waals surface area contributed by atoms with Gasteiger partial charge >= 0.3 is 5.97 Å². The van der Waals surface area contributed by atoms with Gasteiger partial charge in [0.2, 0.25) is 0 Å². The molecule has 0 heterocycles. The van der Waals surface area contributed by atoms with Crippen molar-refractivity contribution in [2.75, 3.05) is 6.61 Å². The van der Waals surface area contributed by atoms with E-state index < -0.39 is 5.97 Å². The van der Waals surface area contributed by atoms with Gasteiger partial charge < -0.3 is 4.74 Å². The molecular formula is C24H31NO2. The lowest BCUT2D eigenvalue weighted by atomic mass is 9.95. The summed E-state index contributed by atoms with van der Waals surface area (Å²) in [5.74, 6) is 0.188. The molecule has 0 radical (unpaired) electrons. The van der Waals surface area contributed by atoms with Gasteiger partial charge in [0.05, 0.1) is 6.61 Å². The van der Waals surface area contributed by atoms with Crippen molar-refractivity contribution in [1.29, 1.82) is 5.26 Å². The molecule has 3 heteroatoms. The van der Waals surface area contributed by atoms with E-state index in [0.29, 0.717) is 18.9 Å². The van der Waals surface area contributed by atoms with Crippen molar-refractivity contribution in [2.45, 2.75) is 59.8 Å². The van der Waals surface area contributed by atoms with Crippen LogP contribution in [0.1, 0.15) is 65.4 Å². The minimum absolute atomic E-state index is 0.177. The van der Waals surface area contributed by atoms with Crippen LogP contribution < -0.4 is 0 Å². The van der Waals surface area contributed by atoms with E-state index in [-0.39, 0.29) is 11.5 Å². The summed E-state index contributed by atoms with van der Waals surface area (Å²) in [6.07, 6.45) is 5.04. The van der Waals surface area contributed by atoms with Crippen LogP contribution >= 0.6 is 0 Å². The fourth-order valence-electron chi connectivity index (χ4n) is 3.90. The second kappa shape index (κ2) is 10.1. The smallest absolute Gasteiger partial charge is 0.349 e. The molecule has 1 aromatic rings. The molecule has 0 saturated heterocycles. The van der Waals surface area contributed by atoms with E-state index in [1.807, 2.05) is 25.1 Å². The van der Waals surface area contributed by atoms with Crippen molar-refractivity contribution < 1.29 is 9.53 Å². The maximum absolute atomic E-state index is 12.6. The second-order valence-corrected chi connectivity index (χ2v) is 7.49. The first-order chi connectivity index (χ1) is 13.0. The van der Waals surface area contributed by atoms with Gasteiger partial charge in [-0.2, -0.15) is 5.26 Å². The second-order valence-electron chi connectivity index (χ2n) is 7.49. The molecule has 2 unspecified atom stereocenters. The van der Waals surface area contributed by atoms with Crippen molar-refractivity contribution in [3.63, 3.8) is 0 Å². The van der Waals surface area contributed by atoms with Crippen LogP contribution in [0, 0.1) is 23.2 Å². The van der Waals surface area contributed by atoms with Crippen LogP contribution in [-0.2, 0) is 9.53 Å². The summed E-state index contributed by atoms with van der Waals surface area (Å²) in [6, 6.07) is 12.3. The highest BCUT2D eigenvalue weighted by Crippen LogP contribution is 2.43. The normalized spacial score (nSPS) is 19.6. The van der Waals surface area contributed by atoms with E-state index in [1.54, 1.807) is 0 Å². The lowest BCUT2D eigenvalue weighted by Gasteiger charge is -2.15. The van der Waals surface area contributed by atoms with Gasteiger partial charge in [0.1, 0.15) is 11.6 Å². The number of benzene rings is 1. The summed E-state index contributed by atoms with van der Waals surface area (Å²) in [5, 5.41) is 9.65. The largest absolute Gasteiger partial charge is 0.461 e. The highest BCUT2D eigenvalue weighted by atomic mass is 16.5. The molecule has 0 amide bonds. The predicted molar refractivity (Wildman–Crippen MR) is 110 cm³/mol. The molecule has 0 bridgehead atoms. The lowest BCUT2D eigenvalue weighted by molar-refractivity contribution is -0.140. The summed E-state index contributed by atoms with van der Waals surface area (Å²) in [7, 11) is 0. The summed E-state index contributed by atoms with van der Waals surface area (Å²) in [6.45, 7) is 8.85. The molecule has 0 spiro atoms. The van der Waals surface area contributed by atoms with Gasteiger partial charge in [-0.1, -0.05) is 70.4 Å². The zero-order chi connectivity index (χ0) is 19.8. The monoisotopic (exact) mass is 365 g/mol. The number of hydrogen-bond acceptors (Lipinski definition) is 3. The summed E-state index contributed by atoms with van der Waals surface area (Å²) < 4.78 is 5.54. The first kappa shape index (κ1) is 21.0. The molecule has 3 nitrogen and oxygen atoms in total. The number of carbonyl (C=O) groups excluding carboxylic acids is 1. The zero-order valence-corrected chi connectivity index (χ0v) is 17.0. The van der Waals surface area contributed by atoms with Gasteiger partial charge in [0, 0.05) is 0 Å². The third kappa shape index (κ3) is 5.10. The number of allylic oxidation sites excluding steroid dienone is 3. The van der Waals surface area contributed by atoms with Crippen LogP contribution in [0.3, 0.4) is 0 Å². The Balaban J connectivity index is 2.22. The molecule has 0 saturated carbocycles. The molecule has 1 aromatic carbocycles. The Labute approximate surface area is 163 Å². The first-order valence-corrected chi connectivity index (χ1v) is 10.1. The molecule has 27 heavy (non-hydrogen) atoms. The van der Waals surface area contributed by atoms with E-state index in [1.165, 1.54) is 5.57 Å². The van der Waals surface area contributed by atoms with Crippen LogP contribution in [0.15, 0.2) is 47.1 Å². The molecular weight excluding hydrogens is 334 g/mol. The van der Waals surface area contributed by atoms with Crippen molar-refractivity contribution in [3.05, 3.63) is 52.6 Å². The van der Waals surface area contributed by atoms with Crippen LogP contribution in [0.25, 0.3) is 5.57 Å². The number of unbranched alkanes of at least 4 members (excludes halogenated alkanes) is 1. The zero-order valence-electron chi connectivity index (χ0n) is 17.0. The molecule has 144 valence electrons. The number of nitriles is 1. The third-order valence-electron chi connectivity index (χ3n) is 5.56. The van der Waals surface area contributed by atoms with E-state index >= 15 is 0 Å². The van der Waals surface area contributed by atoms with Crippen molar-refractivity contribution in [1.82, 2.24) is 0 Å². The van der Waals surface area contributed by atoms with Gasteiger partial charge in [-0.15, -0.1) is 0 Å². The van der Waals surface area contributed by atoms with Gasteiger partial charge in [-0.25, -0.2) is 4.79 Å². The molecule has 2 atom stereocenters. The molecule has 1 aliphatic rings. The molecule has 1 aliphatic carbocycles. The molecule has 0 aromatic heterocycles. The number of carbonyl (C=O) groups is 1. The van der Waals surface area contributed by atoms with E-state index in [9.17, 15) is 10.1 Å². The number of hydrogen-bond donors (Lipinski definition) is 0. The number of rotatable bonds is 8. The fraction of sp³-hybridized carbons (Fsp3) is 0.500. The summed E-state index contributed by atoms with van der Waals surface area (Å²) in [4.78, 5) is 12.6. The number of nitrogens with zero attached hydrogens (tertiary/aromatic N) is 1. The Kier molecular flexibility index (Phi) is 7.85.